The highest BCUT2D eigenvalue weighted by molar-refractivity contribution is 7.03. The number of rotatable bonds is 11. The van der Waals surface area contributed by atoms with E-state index >= 15 is 0 Å². The third-order valence-corrected chi connectivity index (χ3v) is 7.15. The monoisotopic (exact) mass is 608 g/mol. The number of carbonyl (C=O) groups excluding carboxylic acids is 3. The molecule has 0 aliphatic rings. The highest BCUT2D eigenvalue weighted by Gasteiger charge is 2.19. The molecule has 5 aromatic rings. The Morgan fingerprint density at radius 1 is 1.11 bits per heavy atom. The Labute approximate surface area is 256 Å². The summed E-state index contributed by atoms with van der Waals surface area (Å²) in [5.74, 6) is -0.967. The average molecular weight is 609 g/mol. The largest absolute Gasteiger partial charge is 0.490 e. The molecule has 1 unspecified atom stereocenters. The van der Waals surface area contributed by atoms with Gasteiger partial charge in [0.1, 0.15) is 17.5 Å². The summed E-state index contributed by atoms with van der Waals surface area (Å²) in [4.78, 5) is 42.2. The van der Waals surface area contributed by atoms with Crippen molar-refractivity contribution in [1.29, 1.82) is 5.26 Å². The standard InChI is InChI=1S/C31H28N8O4S/c1-18(2)43-27-10-9-21(13-22(27)14-32)30(41)35-23(15-34-31(42)26-17-44-38-37-26)12-19-5-7-20(8-6-19)25-16-39-11-3-4-24(28(33)40)29(39)36-25/h3-11,13,16-18,23H,12,15H2,1-2H3,(H2,33,40)(H,34,42)(H,35,41). The minimum atomic E-state index is -0.557. The fraction of sp³-hybridized carbons (Fsp3) is 0.194. The van der Waals surface area contributed by atoms with E-state index < -0.39 is 23.8 Å². The molecule has 0 spiro atoms. The van der Waals surface area contributed by atoms with Crippen LogP contribution >= 0.6 is 11.5 Å². The van der Waals surface area contributed by atoms with E-state index in [9.17, 15) is 19.6 Å². The van der Waals surface area contributed by atoms with Gasteiger partial charge in [0.25, 0.3) is 17.7 Å². The Morgan fingerprint density at radius 3 is 2.59 bits per heavy atom. The van der Waals surface area contributed by atoms with Gasteiger partial charge in [-0.25, -0.2) is 4.98 Å². The summed E-state index contributed by atoms with van der Waals surface area (Å²) in [5.41, 5.74) is 9.40. The lowest BCUT2D eigenvalue weighted by Gasteiger charge is -2.20. The fourth-order valence-corrected chi connectivity index (χ4v) is 5.01. The van der Waals surface area contributed by atoms with Crippen molar-refractivity contribution < 1.29 is 19.1 Å². The normalized spacial score (nSPS) is 11.6. The Kier molecular flexibility index (Phi) is 8.92. The number of nitrogens with two attached hydrogens (primary N) is 1. The summed E-state index contributed by atoms with van der Waals surface area (Å²) < 4.78 is 11.1. The van der Waals surface area contributed by atoms with Gasteiger partial charge in [0.15, 0.2) is 5.69 Å². The van der Waals surface area contributed by atoms with Crippen molar-refractivity contribution in [2.24, 2.45) is 5.73 Å². The molecule has 2 aromatic carbocycles. The zero-order valence-corrected chi connectivity index (χ0v) is 24.7. The molecule has 0 fully saturated rings. The Hall–Kier alpha value is -5.61. The van der Waals surface area contributed by atoms with Crippen LogP contribution in [0, 0.1) is 11.3 Å². The van der Waals surface area contributed by atoms with Crippen LogP contribution in [0.5, 0.6) is 5.75 Å². The van der Waals surface area contributed by atoms with Crippen LogP contribution in [0.3, 0.4) is 0 Å². The lowest BCUT2D eigenvalue weighted by molar-refractivity contribution is 0.0906. The number of pyridine rings is 1. The quantitative estimate of drug-likeness (QED) is 0.204. The lowest BCUT2D eigenvalue weighted by atomic mass is 10.0. The molecule has 3 aromatic heterocycles. The molecule has 44 heavy (non-hydrogen) atoms. The summed E-state index contributed by atoms with van der Waals surface area (Å²) in [6.45, 7) is 3.82. The summed E-state index contributed by atoms with van der Waals surface area (Å²) in [5, 5.41) is 20.7. The van der Waals surface area contributed by atoms with Crippen molar-refractivity contribution in [3.05, 3.63) is 100 Å². The second kappa shape index (κ2) is 13.1. The van der Waals surface area contributed by atoms with Crippen molar-refractivity contribution in [1.82, 2.24) is 29.6 Å². The molecule has 0 saturated heterocycles. The van der Waals surface area contributed by atoms with Gasteiger partial charge in [0.05, 0.1) is 29.0 Å². The summed E-state index contributed by atoms with van der Waals surface area (Å²) in [6, 6.07) is 17.2. The van der Waals surface area contributed by atoms with Crippen LogP contribution in [0.15, 0.2) is 72.4 Å². The second-order valence-corrected chi connectivity index (χ2v) is 10.8. The highest BCUT2D eigenvalue weighted by atomic mass is 32.1. The molecule has 0 bridgehead atoms. The first-order valence-corrected chi connectivity index (χ1v) is 14.5. The van der Waals surface area contributed by atoms with E-state index in [1.807, 2.05) is 44.3 Å². The van der Waals surface area contributed by atoms with Crippen molar-refractivity contribution in [3.63, 3.8) is 0 Å². The number of benzene rings is 2. The lowest BCUT2D eigenvalue weighted by Crippen LogP contribution is -2.45. The van der Waals surface area contributed by atoms with E-state index in [4.69, 9.17) is 10.5 Å². The van der Waals surface area contributed by atoms with Gasteiger partial charge in [-0.2, -0.15) is 5.26 Å². The van der Waals surface area contributed by atoms with Crippen LogP contribution in [0.2, 0.25) is 0 Å². The van der Waals surface area contributed by atoms with E-state index in [-0.39, 0.29) is 29.5 Å². The number of hydrogen-bond acceptors (Lipinski definition) is 9. The van der Waals surface area contributed by atoms with Crippen LogP contribution in [-0.4, -0.2) is 55.4 Å². The van der Waals surface area contributed by atoms with Crippen molar-refractivity contribution in [2.75, 3.05) is 6.54 Å². The number of aromatic nitrogens is 4. The number of nitrogens with zero attached hydrogens (tertiary/aromatic N) is 5. The molecule has 13 heteroatoms. The molecule has 0 saturated carbocycles. The molecule has 0 aliphatic carbocycles. The van der Waals surface area contributed by atoms with Gasteiger partial charge in [-0.05, 0) is 67.7 Å². The van der Waals surface area contributed by atoms with Gasteiger partial charge >= 0.3 is 0 Å². The van der Waals surface area contributed by atoms with E-state index in [0.717, 1.165) is 22.7 Å². The van der Waals surface area contributed by atoms with Gasteiger partial charge in [-0.15, -0.1) is 5.10 Å². The number of ether oxygens (including phenoxy) is 1. The molecular formula is C31H28N8O4S. The van der Waals surface area contributed by atoms with Gasteiger partial charge in [-0.1, -0.05) is 28.8 Å². The Bertz CT molecular complexity index is 1860. The van der Waals surface area contributed by atoms with Crippen molar-refractivity contribution >= 4 is 34.9 Å². The van der Waals surface area contributed by atoms with Crippen molar-refractivity contribution in [2.45, 2.75) is 32.4 Å². The molecular weight excluding hydrogens is 580 g/mol. The van der Waals surface area contributed by atoms with Crippen LogP contribution in [0.1, 0.15) is 56.2 Å². The van der Waals surface area contributed by atoms with Gasteiger partial charge in [0.2, 0.25) is 0 Å². The fourth-order valence-electron chi connectivity index (χ4n) is 4.57. The molecule has 3 amide bonds. The average Bonchev–Trinajstić information content (AvgIpc) is 3.71. The number of carbonyl (C=O) groups is 3. The van der Waals surface area contributed by atoms with Gasteiger partial charge in [-0.3, -0.25) is 14.4 Å². The summed E-state index contributed by atoms with van der Waals surface area (Å²) >= 11 is 1.07. The molecule has 3 heterocycles. The number of primary amides is 1. The predicted octanol–water partition coefficient (Wildman–Crippen LogP) is 3.38. The van der Waals surface area contributed by atoms with Crippen LogP contribution in [0.4, 0.5) is 0 Å². The maximum atomic E-state index is 13.3. The minimum absolute atomic E-state index is 0.117. The van der Waals surface area contributed by atoms with Gasteiger partial charge in [0, 0.05) is 35.4 Å². The number of amides is 3. The number of imidazole rings is 1. The first-order valence-electron chi connectivity index (χ1n) is 13.7. The zero-order chi connectivity index (χ0) is 31.2. The first kappa shape index (κ1) is 29.9. The smallest absolute Gasteiger partial charge is 0.272 e. The second-order valence-electron chi connectivity index (χ2n) is 10.2. The van der Waals surface area contributed by atoms with E-state index in [0.29, 0.717) is 29.1 Å². The zero-order valence-electron chi connectivity index (χ0n) is 23.9. The SMILES string of the molecule is CC(C)Oc1ccc(C(=O)NC(CNC(=O)c2csnn2)Cc2ccc(-c3cn4cccc(C(N)=O)c4n3)cc2)cc1C#N. The topological polar surface area (TPSA) is 177 Å². The molecule has 222 valence electrons. The molecule has 1 atom stereocenters. The number of nitriles is 1. The minimum Gasteiger partial charge on any atom is -0.490 e. The molecule has 0 aliphatic heterocycles. The van der Waals surface area contributed by atoms with Gasteiger partial charge < -0.3 is 25.5 Å². The molecule has 4 N–H and O–H groups in total. The van der Waals surface area contributed by atoms with E-state index in [1.165, 1.54) is 11.4 Å². The number of fused-ring (bicyclic) bond motifs is 1. The predicted molar refractivity (Wildman–Crippen MR) is 163 cm³/mol. The molecule has 12 nitrogen and oxygen atoms in total. The molecule has 5 rings (SSSR count). The third kappa shape index (κ3) is 6.88. The van der Waals surface area contributed by atoms with Crippen LogP contribution < -0.4 is 21.1 Å². The number of nitrogens with one attached hydrogen (secondary N) is 2. The maximum Gasteiger partial charge on any atom is 0.272 e. The Balaban J connectivity index is 1.34. The third-order valence-electron chi connectivity index (χ3n) is 6.64. The highest BCUT2D eigenvalue weighted by Crippen LogP contribution is 2.23. The summed E-state index contributed by atoms with van der Waals surface area (Å²) in [7, 11) is 0. The summed E-state index contributed by atoms with van der Waals surface area (Å²) in [6.07, 6.45) is 3.86. The van der Waals surface area contributed by atoms with E-state index in [2.05, 4.69) is 31.3 Å². The maximum absolute atomic E-state index is 13.3. The van der Waals surface area contributed by atoms with Crippen molar-refractivity contribution in [3.8, 4) is 23.1 Å². The Morgan fingerprint density at radius 2 is 1.91 bits per heavy atom. The van der Waals surface area contributed by atoms with E-state index in [1.54, 1.807) is 34.9 Å². The molecule has 0 radical (unpaired) electrons. The number of hydrogen-bond donors (Lipinski definition) is 3. The van der Waals surface area contributed by atoms with Crippen LogP contribution in [0.25, 0.3) is 16.9 Å². The van der Waals surface area contributed by atoms with Crippen LogP contribution in [-0.2, 0) is 6.42 Å². The first-order chi connectivity index (χ1) is 21.2.